The molecule has 1 aliphatic rings. The average Bonchev–Trinajstić information content (AvgIpc) is 3.17. The van der Waals surface area contributed by atoms with Gasteiger partial charge in [-0.3, -0.25) is 4.79 Å². The molecule has 1 unspecified atom stereocenters. The molecular weight excluding hydrogens is 388 g/mol. The number of carbonyl (C=O) groups excluding carboxylic acids is 1. The van der Waals surface area contributed by atoms with Gasteiger partial charge in [0.2, 0.25) is 10.0 Å². The lowest BCUT2D eigenvalue weighted by molar-refractivity contribution is 0.102. The second-order valence-corrected chi connectivity index (χ2v) is 8.61. The van der Waals surface area contributed by atoms with E-state index in [0.29, 0.717) is 17.3 Å². The number of carbonyl (C=O) groups is 1. The smallest absolute Gasteiger partial charge is 0.255 e. The number of rotatable bonds is 6. The first kappa shape index (κ1) is 19.8. The van der Waals surface area contributed by atoms with E-state index in [-0.39, 0.29) is 23.1 Å². The van der Waals surface area contributed by atoms with Crippen molar-refractivity contribution < 1.29 is 17.9 Å². The van der Waals surface area contributed by atoms with Crippen molar-refractivity contribution in [1.82, 2.24) is 4.72 Å². The molecule has 1 heterocycles. The Kier molecular flexibility index (Phi) is 6.16. The molecule has 0 radical (unpaired) electrons. The van der Waals surface area contributed by atoms with Crippen molar-refractivity contribution in [2.24, 2.45) is 0 Å². The summed E-state index contributed by atoms with van der Waals surface area (Å²) in [6, 6.07) is 11.1. The first-order valence-corrected chi connectivity index (χ1v) is 10.5. The Hall–Kier alpha value is -1.93. The van der Waals surface area contributed by atoms with Crippen LogP contribution in [0, 0.1) is 6.92 Å². The lowest BCUT2D eigenvalue weighted by Gasteiger charge is -2.12. The predicted octanol–water partition coefficient (Wildman–Crippen LogP) is 3.36. The van der Waals surface area contributed by atoms with Crippen molar-refractivity contribution in [3.63, 3.8) is 0 Å². The monoisotopic (exact) mass is 408 g/mol. The largest absolute Gasteiger partial charge is 0.377 e. The topological polar surface area (TPSA) is 84.5 Å². The fourth-order valence-corrected chi connectivity index (χ4v) is 4.06. The number of ether oxygens (including phenoxy) is 1. The molecule has 6 nitrogen and oxygen atoms in total. The van der Waals surface area contributed by atoms with Gasteiger partial charge in [-0.25, -0.2) is 13.1 Å². The van der Waals surface area contributed by atoms with Crippen LogP contribution in [-0.2, 0) is 14.8 Å². The van der Waals surface area contributed by atoms with Gasteiger partial charge in [0.1, 0.15) is 0 Å². The number of anilines is 1. The third-order valence-corrected chi connectivity index (χ3v) is 6.19. The zero-order valence-corrected chi connectivity index (χ0v) is 16.4. The lowest BCUT2D eigenvalue weighted by atomic mass is 10.2. The Bertz CT molecular complexity index is 940. The molecule has 0 aromatic heterocycles. The highest BCUT2D eigenvalue weighted by Gasteiger charge is 2.21. The van der Waals surface area contributed by atoms with E-state index in [0.717, 1.165) is 18.4 Å². The van der Waals surface area contributed by atoms with Crippen LogP contribution in [0.3, 0.4) is 0 Å². The number of sulfonamides is 1. The second-order valence-electron chi connectivity index (χ2n) is 6.43. The van der Waals surface area contributed by atoms with Gasteiger partial charge in [-0.2, -0.15) is 0 Å². The number of amides is 1. The van der Waals surface area contributed by atoms with E-state index in [9.17, 15) is 13.2 Å². The number of nitrogens with one attached hydrogen (secondary N) is 2. The van der Waals surface area contributed by atoms with Crippen LogP contribution in [0.2, 0.25) is 5.02 Å². The molecule has 8 heteroatoms. The van der Waals surface area contributed by atoms with Gasteiger partial charge in [0.25, 0.3) is 5.91 Å². The van der Waals surface area contributed by atoms with Crippen LogP contribution in [0.1, 0.15) is 28.8 Å². The van der Waals surface area contributed by atoms with Gasteiger partial charge in [0.05, 0.1) is 11.0 Å². The van der Waals surface area contributed by atoms with E-state index in [1.54, 1.807) is 24.3 Å². The lowest BCUT2D eigenvalue weighted by Crippen LogP contribution is -2.32. The molecule has 2 N–H and O–H groups in total. The fourth-order valence-electron chi connectivity index (χ4n) is 2.77. The molecular formula is C19H21ClN2O4S. The Morgan fingerprint density at radius 3 is 2.78 bits per heavy atom. The van der Waals surface area contributed by atoms with Crippen LogP contribution >= 0.6 is 11.6 Å². The van der Waals surface area contributed by atoms with Crippen LogP contribution in [0.4, 0.5) is 5.69 Å². The minimum atomic E-state index is -3.72. The number of hydrogen-bond donors (Lipinski definition) is 2. The molecule has 0 aliphatic carbocycles. The van der Waals surface area contributed by atoms with Gasteiger partial charge in [-0.15, -0.1) is 0 Å². The van der Waals surface area contributed by atoms with Crippen molar-refractivity contribution in [2.75, 3.05) is 18.5 Å². The highest BCUT2D eigenvalue weighted by Crippen LogP contribution is 2.21. The van der Waals surface area contributed by atoms with Crippen LogP contribution in [0.5, 0.6) is 0 Å². The molecule has 2 aromatic carbocycles. The Balaban J connectivity index is 1.71. The Labute approximate surface area is 163 Å². The summed E-state index contributed by atoms with van der Waals surface area (Å²) in [5.74, 6) is -0.411. The molecule has 2 aromatic rings. The summed E-state index contributed by atoms with van der Waals surface area (Å²) in [7, 11) is -3.72. The number of halogens is 1. The zero-order valence-electron chi connectivity index (χ0n) is 14.9. The SMILES string of the molecule is Cc1ccc(NC(=O)c2cccc(S(=O)(=O)NCC3CCCO3)c2)cc1Cl. The maximum atomic E-state index is 12.5. The molecule has 27 heavy (non-hydrogen) atoms. The van der Waals surface area contributed by atoms with E-state index < -0.39 is 15.9 Å². The van der Waals surface area contributed by atoms with E-state index in [4.69, 9.17) is 16.3 Å². The Morgan fingerprint density at radius 2 is 2.07 bits per heavy atom. The molecule has 0 saturated carbocycles. The second kappa shape index (κ2) is 8.39. The first-order valence-electron chi connectivity index (χ1n) is 8.64. The number of hydrogen-bond acceptors (Lipinski definition) is 4. The van der Waals surface area contributed by atoms with Crippen molar-refractivity contribution in [3.05, 3.63) is 58.6 Å². The van der Waals surface area contributed by atoms with Gasteiger partial charge in [0.15, 0.2) is 0 Å². The van der Waals surface area contributed by atoms with E-state index in [1.165, 1.54) is 18.2 Å². The first-order chi connectivity index (χ1) is 12.8. The van der Waals surface area contributed by atoms with Crippen LogP contribution in [0.15, 0.2) is 47.4 Å². The van der Waals surface area contributed by atoms with Gasteiger partial charge in [0, 0.05) is 29.4 Å². The summed E-state index contributed by atoms with van der Waals surface area (Å²) in [4.78, 5) is 12.5. The zero-order chi connectivity index (χ0) is 19.4. The third kappa shape index (κ3) is 5.07. The van der Waals surface area contributed by atoms with E-state index >= 15 is 0 Å². The molecule has 1 saturated heterocycles. The molecule has 0 bridgehead atoms. The van der Waals surface area contributed by atoms with Crippen LogP contribution in [-0.4, -0.2) is 33.6 Å². The summed E-state index contributed by atoms with van der Waals surface area (Å²) < 4.78 is 33.0. The van der Waals surface area contributed by atoms with Gasteiger partial charge < -0.3 is 10.1 Å². The highest BCUT2D eigenvalue weighted by molar-refractivity contribution is 7.89. The predicted molar refractivity (Wildman–Crippen MR) is 105 cm³/mol. The van der Waals surface area contributed by atoms with Gasteiger partial charge >= 0.3 is 0 Å². The van der Waals surface area contributed by atoms with Crippen molar-refractivity contribution >= 4 is 33.2 Å². The molecule has 1 aliphatic heterocycles. The molecule has 144 valence electrons. The standard InChI is InChI=1S/C19H21ClN2O4S/c1-13-7-8-15(11-18(13)20)22-19(23)14-4-2-6-17(10-14)27(24,25)21-12-16-5-3-9-26-16/h2,4,6-8,10-11,16,21H,3,5,9,12H2,1H3,(H,22,23). The normalized spacial score (nSPS) is 17.0. The molecule has 1 fully saturated rings. The van der Waals surface area contributed by atoms with Crippen molar-refractivity contribution in [3.8, 4) is 0 Å². The highest BCUT2D eigenvalue weighted by atomic mass is 35.5. The quantitative estimate of drug-likeness (QED) is 0.767. The minimum Gasteiger partial charge on any atom is -0.377 e. The summed E-state index contributed by atoms with van der Waals surface area (Å²) in [5, 5.41) is 3.27. The van der Waals surface area contributed by atoms with Gasteiger partial charge in [-0.05, 0) is 55.7 Å². The van der Waals surface area contributed by atoms with Crippen molar-refractivity contribution in [2.45, 2.75) is 30.8 Å². The maximum Gasteiger partial charge on any atom is 0.255 e. The molecule has 1 amide bonds. The van der Waals surface area contributed by atoms with Crippen molar-refractivity contribution in [1.29, 1.82) is 0 Å². The fraction of sp³-hybridized carbons (Fsp3) is 0.316. The average molecular weight is 409 g/mol. The molecule has 0 spiro atoms. The van der Waals surface area contributed by atoms with E-state index in [2.05, 4.69) is 10.0 Å². The van der Waals surface area contributed by atoms with Crippen LogP contribution in [0.25, 0.3) is 0 Å². The maximum absolute atomic E-state index is 12.5. The number of aryl methyl sites for hydroxylation is 1. The molecule has 1 atom stereocenters. The third-order valence-electron chi connectivity index (χ3n) is 4.36. The summed E-state index contributed by atoms with van der Waals surface area (Å²) in [6.07, 6.45) is 1.67. The van der Waals surface area contributed by atoms with Gasteiger partial charge in [-0.1, -0.05) is 23.7 Å². The van der Waals surface area contributed by atoms with E-state index in [1.807, 2.05) is 6.92 Å². The summed E-state index contributed by atoms with van der Waals surface area (Å²) in [5.41, 5.74) is 1.69. The molecule has 3 rings (SSSR count). The van der Waals surface area contributed by atoms with Crippen LogP contribution < -0.4 is 10.0 Å². The minimum absolute atomic E-state index is 0.0371. The summed E-state index contributed by atoms with van der Waals surface area (Å²) in [6.45, 7) is 2.75. The number of benzene rings is 2. The Morgan fingerprint density at radius 1 is 1.26 bits per heavy atom. The summed E-state index contributed by atoms with van der Waals surface area (Å²) >= 11 is 6.07.